The zero-order valence-electron chi connectivity index (χ0n) is 27.4. The lowest BCUT2D eigenvalue weighted by atomic mass is 9.81. The van der Waals surface area contributed by atoms with E-state index >= 15 is 0 Å². The standard InChI is InChI=1S/C46H40N/c1-4-47-42-23-15-14-22-41(42)46(2,3)43(47)33-26-34-24-27-35(28-25-34)36-29-31-40(32-30-36)45(39-20-12-7-13-21-39)44(37-16-8-5-9-17-37)38-18-10-6-11-19-38/h5-33H,4H2,1-3H3/q+1/b33-26+. The molecule has 1 heteroatoms. The van der Waals surface area contributed by atoms with Crippen molar-refractivity contribution in [3.63, 3.8) is 0 Å². The molecule has 228 valence electrons. The molecule has 1 nitrogen and oxygen atoms in total. The molecule has 0 amide bonds. The molecule has 0 fully saturated rings. The number of fused-ring (bicyclic) bond motifs is 1. The Hall–Kier alpha value is -5.53. The van der Waals surface area contributed by atoms with Gasteiger partial charge in [0.05, 0.1) is 5.41 Å². The molecule has 0 saturated carbocycles. The molecule has 0 aliphatic carbocycles. The van der Waals surface area contributed by atoms with Crippen LogP contribution in [0, 0.1) is 0 Å². The van der Waals surface area contributed by atoms with Crippen LogP contribution in [0.4, 0.5) is 5.69 Å². The van der Waals surface area contributed by atoms with Crippen molar-refractivity contribution in [1.82, 2.24) is 0 Å². The van der Waals surface area contributed by atoms with Crippen molar-refractivity contribution >= 4 is 28.6 Å². The van der Waals surface area contributed by atoms with Crippen LogP contribution in [0.5, 0.6) is 0 Å². The molecule has 0 atom stereocenters. The van der Waals surface area contributed by atoms with Gasteiger partial charge in [-0.1, -0.05) is 158 Å². The molecule has 0 spiro atoms. The number of benzene rings is 6. The minimum atomic E-state index is -0.0290. The fourth-order valence-corrected chi connectivity index (χ4v) is 7.00. The van der Waals surface area contributed by atoms with Gasteiger partial charge in [-0.3, -0.25) is 0 Å². The minimum absolute atomic E-state index is 0.0290. The van der Waals surface area contributed by atoms with Crippen LogP contribution in [-0.4, -0.2) is 16.8 Å². The summed E-state index contributed by atoms with van der Waals surface area (Å²) in [7, 11) is 0. The minimum Gasteiger partial charge on any atom is -0.195 e. The zero-order chi connectivity index (χ0) is 32.2. The Morgan fingerprint density at radius 3 is 1.40 bits per heavy atom. The fourth-order valence-electron chi connectivity index (χ4n) is 7.00. The van der Waals surface area contributed by atoms with Gasteiger partial charge in [-0.05, 0) is 76.9 Å². The first kappa shape index (κ1) is 30.1. The highest BCUT2D eigenvalue weighted by molar-refractivity contribution is 6.06. The molecule has 7 rings (SSSR count). The van der Waals surface area contributed by atoms with Gasteiger partial charge in [-0.2, -0.15) is 4.58 Å². The van der Waals surface area contributed by atoms with Crippen LogP contribution in [0.1, 0.15) is 54.2 Å². The van der Waals surface area contributed by atoms with Crippen LogP contribution in [0.2, 0.25) is 0 Å². The second-order valence-corrected chi connectivity index (χ2v) is 12.7. The monoisotopic (exact) mass is 606 g/mol. The highest BCUT2D eigenvalue weighted by Gasteiger charge is 2.43. The van der Waals surface area contributed by atoms with Crippen LogP contribution in [0.3, 0.4) is 0 Å². The summed E-state index contributed by atoms with van der Waals surface area (Å²) in [5.41, 5.74) is 14.9. The predicted octanol–water partition coefficient (Wildman–Crippen LogP) is 11.5. The number of allylic oxidation sites excluding steroid dienone is 1. The predicted molar refractivity (Wildman–Crippen MR) is 200 cm³/mol. The lowest BCUT2D eigenvalue weighted by Crippen LogP contribution is -2.27. The van der Waals surface area contributed by atoms with Crippen LogP contribution in [-0.2, 0) is 5.41 Å². The molecule has 0 aromatic heterocycles. The second kappa shape index (κ2) is 13.1. The van der Waals surface area contributed by atoms with Crippen molar-refractivity contribution in [3.05, 3.63) is 203 Å². The van der Waals surface area contributed by atoms with Crippen molar-refractivity contribution < 1.29 is 4.58 Å². The first-order valence-electron chi connectivity index (χ1n) is 16.6. The van der Waals surface area contributed by atoms with E-state index in [0.29, 0.717) is 0 Å². The normalized spacial score (nSPS) is 13.5. The molecule has 0 unspecified atom stereocenters. The van der Waals surface area contributed by atoms with E-state index in [1.165, 1.54) is 67.1 Å². The van der Waals surface area contributed by atoms with Gasteiger partial charge in [0, 0.05) is 17.7 Å². The van der Waals surface area contributed by atoms with Crippen molar-refractivity contribution in [3.8, 4) is 11.1 Å². The SMILES string of the molecule is CC[N+]1=C(/C=C/c2ccc(-c3ccc(C(=C(c4ccccc4)c4ccccc4)c4ccccc4)cc3)cc2)C(C)(C)c2ccccc21. The first-order chi connectivity index (χ1) is 23.0. The lowest BCUT2D eigenvalue weighted by molar-refractivity contribution is -0.433. The third-order valence-corrected chi connectivity index (χ3v) is 9.40. The van der Waals surface area contributed by atoms with Gasteiger partial charge < -0.3 is 0 Å². The molecule has 0 radical (unpaired) electrons. The second-order valence-electron chi connectivity index (χ2n) is 12.7. The molecular weight excluding hydrogens is 567 g/mol. The largest absolute Gasteiger partial charge is 0.209 e. The van der Waals surface area contributed by atoms with Crippen LogP contribution < -0.4 is 0 Å². The Kier molecular flexibility index (Phi) is 8.38. The van der Waals surface area contributed by atoms with E-state index in [9.17, 15) is 0 Å². The maximum absolute atomic E-state index is 2.45. The number of rotatable bonds is 8. The Bertz CT molecular complexity index is 2040. The van der Waals surface area contributed by atoms with Gasteiger partial charge in [0.1, 0.15) is 6.54 Å². The van der Waals surface area contributed by atoms with Crippen LogP contribution in [0.25, 0.3) is 28.3 Å². The quantitative estimate of drug-likeness (QED) is 0.120. The summed E-state index contributed by atoms with van der Waals surface area (Å²) >= 11 is 0. The lowest BCUT2D eigenvalue weighted by Gasteiger charge is -2.18. The molecule has 1 heterocycles. The van der Waals surface area contributed by atoms with Crippen molar-refractivity contribution in [2.75, 3.05) is 6.54 Å². The zero-order valence-corrected chi connectivity index (χ0v) is 27.4. The average Bonchev–Trinajstić information content (AvgIpc) is 3.36. The molecule has 0 N–H and O–H groups in total. The van der Waals surface area contributed by atoms with E-state index in [0.717, 1.165) is 6.54 Å². The number of nitrogens with zero attached hydrogens (tertiary/aromatic N) is 1. The Morgan fingerprint density at radius 2 is 0.915 bits per heavy atom. The summed E-state index contributed by atoms with van der Waals surface area (Å²) in [6.45, 7) is 7.84. The van der Waals surface area contributed by atoms with E-state index in [2.05, 4.69) is 201 Å². The highest BCUT2D eigenvalue weighted by Crippen LogP contribution is 2.40. The Balaban J connectivity index is 1.22. The molecular formula is C46H40N+. The van der Waals surface area contributed by atoms with Crippen molar-refractivity contribution in [2.45, 2.75) is 26.2 Å². The summed E-state index contributed by atoms with van der Waals surface area (Å²) in [6.07, 6.45) is 4.56. The van der Waals surface area contributed by atoms with Crippen molar-refractivity contribution in [2.24, 2.45) is 0 Å². The average molecular weight is 607 g/mol. The topological polar surface area (TPSA) is 3.01 Å². The molecule has 0 saturated heterocycles. The first-order valence-corrected chi connectivity index (χ1v) is 16.6. The Morgan fingerprint density at radius 1 is 0.489 bits per heavy atom. The molecule has 47 heavy (non-hydrogen) atoms. The van der Waals surface area contributed by atoms with Gasteiger partial charge in [-0.25, -0.2) is 0 Å². The fraction of sp³-hybridized carbons (Fsp3) is 0.109. The molecule has 6 aromatic carbocycles. The third kappa shape index (κ3) is 5.93. The highest BCUT2D eigenvalue weighted by atomic mass is 15.0. The van der Waals surface area contributed by atoms with E-state index in [4.69, 9.17) is 0 Å². The van der Waals surface area contributed by atoms with Gasteiger partial charge >= 0.3 is 0 Å². The summed E-state index contributed by atoms with van der Waals surface area (Å²) in [6, 6.07) is 59.0. The summed E-state index contributed by atoms with van der Waals surface area (Å²) < 4.78 is 2.45. The van der Waals surface area contributed by atoms with Crippen molar-refractivity contribution in [1.29, 1.82) is 0 Å². The smallest absolute Gasteiger partial charge is 0.195 e. The van der Waals surface area contributed by atoms with Crippen LogP contribution in [0.15, 0.2) is 170 Å². The van der Waals surface area contributed by atoms with Gasteiger partial charge in [0.2, 0.25) is 5.69 Å². The summed E-state index contributed by atoms with van der Waals surface area (Å²) in [5.74, 6) is 0. The molecule has 0 bridgehead atoms. The molecule has 1 aliphatic rings. The number of hydrogen-bond acceptors (Lipinski definition) is 0. The van der Waals surface area contributed by atoms with Gasteiger partial charge in [0.25, 0.3) is 0 Å². The molecule has 1 aliphatic heterocycles. The third-order valence-electron chi connectivity index (χ3n) is 9.40. The van der Waals surface area contributed by atoms with Gasteiger partial charge in [0.15, 0.2) is 5.71 Å². The number of hydrogen-bond donors (Lipinski definition) is 0. The number of para-hydroxylation sites is 1. The maximum Gasteiger partial charge on any atom is 0.209 e. The summed E-state index contributed by atoms with van der Waals surface area (Å²) in [4.78, 5) is 0. The van der Waals surface area contributed by atoms with E-state index in [-0.39, 0.29) is 5.41 Å². The molecule has 6 aromatic rings. The van der Waals surface area contributed by atoms with E-state index < -0.39 is 0 Å². The Labute approximate surface area is 279 Å². The van der Waals surface area contributed by atoms with Gasteiger partial charge in [-0.15, -0.1) is 0 Å². The maximum atomic E-state index is 2.45. The summed E-state index contributed by atoms with van der Waals surface area (Å²) in [5, 5.41) is 0. The van der Waals surface area contributed by atoms with Crippen LogP contribution >= 0.6 is 0 Å². The van der Waals surface area contributed by atoms with E-state index in [1.54, 1.807) is 0 Å². The van der Waals surface area contributed by atoms with E-state index in [1.807, 2.05) is 0 Å².